The summed E-state index contributed by atoms with van der Waals surface area (Å²) in [6.45, 7) is 4.02. The number of carbonyl (C=O) groups is 2. The molecule has 1 rings (SSSR count). The standard InChI is InChI=1S/C13H15BrO5/c1-4-18-10-7-8(6-9(14)12(10)17-3)11(15)13(16)19-5-2/h6-7H,4-5H2,1-3H3. The van der Waals surface area contributed by atoms with E-state index in [0.29, 0.717) is 22.6 Å². The summed E-state index contributed by atoms with van der Waals surface area (Å²) in [7, 11) is 1.50. The minimum atomic E-state index is -0.887. The van der Waals surface area contributed by atoms with E-state index in [9.17, 15) is 9.59 Å². The van der Waals surface area contributed by atoms with Crippen molar-refractivity contribution in [2.45, 2.75) is 13.8 Å². The van der Waals surface area contributed by atoms with Crippen molar-refractivity contribution in [2.24, 2.45) is 0 Å². The fraction of sp³-hybridized carbons (Fsp3) is 0.385. The van der Waals surface area contributed by atoms with Crippen LogP contribution in [0, 0.1) is 0 Å². The zero-order valence-electron chi connectivity index (χ0n) is 11.0. The highest BCUT2D eigenvalue weighted by Crippen LogP contribution is 2.36. The Hall–Kier alpha value is -1.56. The fourth-order valence-corrected chi connectivity index (χ4v) is 2.08. The quantitative estimate of drug-likeness (QED) is 0.455. The molecule has 1 aromatic rings. The maximum atomic E-state index is 11.9. The molecule has 0 amide bonds. The molecule has 0 radical (unpaired) electrons. The molecule has 0 aliphatic carbocycles. The van der Waals surface area contributed by atoms with E-state index in [1.165, 1.54) is 19.2 Å². The molecule has 0 fully saturated rings. The molecular formula is C13H15BrO5. The lowest BCUT2D eigenvalue weighted by molar-refractivity contribution is -0.137. The summed E-state index contributed by atoms with van der Waals surface area (Å²) in [6, 6.07) is 2.97. The molecule has 0 aliphatic rings. The molecule has 0 aromatic heterocycles. The summed E-state index contributed by atoms with van der Waals surface area (Å²) in [5.74, 6) is -0.734. The third kappa shape index (κ3) is 3.70. The molecule has 104 valence electrons. The van der Waals surface area contributed by atoms with Crippen LogP contribution in [0.15, 0.2) is 16.6 Å². The monoisotopic (exact) mass is 330 g/mol. The number of esters is 1. The summed E-state index contributed by atoms with van der Waals surface area (Å²) in [6.07, 6.45) is 0. The van der Waals surface area contributed by atoms with E-state index < -0.39 is 11.8 Å². The van der Waals surface area contributed by atoms with Crippen LogP contribution >= 0.6 is 15.9 Å². The molecule has 0 spiro atoms. The van der Waals surface area contributed by atoms with Crippen LogP contribution in [0.4, 0.5) is 0 Å². The molecular weight excluding hydrogens is 316 g/mol. The number of carbonyl (C=O) groups excluding carboxylic acids is 2. The van der Waals surface area contributed by atoms with Gasteiger partial charge in [-0.3, -0.25) is 4.79 Å². The molecule has 0 aliphatic heterocycles. The van der Waals surface area contributed by atoms with Crippen LogP contribution in [0.25, 0.3) is 0 Å². The summed E-state index contributed by atoms with van der Waals surface area (Å²) in [4.78, 5) is 23.3. The van der Waals surface area contributed by atoms with Gasteiger partial charge in [0.25, 0.3) is 5.78 Å². The number of hydrogen-bond donors (Lipinski definition) is 0. The molecule has 5 nitrogen and oxygen atoms in total. The number of benzene rings is 1. The number of hydrogen-bond acceptors (Lipinski definition) is 5. The van der Waals surface area contributed by atoms with Gasteiger partial charge in [-0.05, 0) is 41.9 Å². The van der Waals surface area contributed by atoms with Gasteiger partial charge >= 0.3 is 5.97 Å². The zero-order chi connectivity index (χ0) is 14.4. The Kier molecular flexibility index (Phi) is 5.82. The largest absolute Gasteiger partial charge is 0.492 e. The molecule has 19 heavy (non-hydrogen) atoms. The van der Waals surface area contributed by atoms with E-state index in [0.717, 1.165) is 0 Å². The van der Waals surface area contributed by atoms with Crippen molar-refractivity contribution in [1.82, 2.24) is 0 Å². The summed E-state index contributed by atoms with van der Waals surface area (Å²) < 4.78 is 15.8. The first-order valence-electron chi connectivity index (χ1n) is 5.76. The summed E-state index contributed by atoms with van der Waals surface area (Å²) in [5, 5.41) is 0. The first kappa shape index (κ1) is 15.5. The zero-order valence-corrected chi connectivity index (χ0v) is 12.6. The smallest absolute Gasteiger partial charge is 0.379 e. The van der Waals surface area contributed by atoms with Gasteiger partial charge in [0.15, 0.2) is 11.5 Å². The highest BCUT2D eigenvalue weighted by molar-refractivity contribution is 9.10. The number of methoxy groups -OCH3 is 1. The SMILES string of the molecule is CCOC(=O)C(=O)c1cc(Br)c(OC)c(OCC)c1. The second-order valence-electron chi connectivity index (χ2n) is 3.47. The topological polar surface area (TPSA) is 61.8 Å². The van der Waals surface area contributed by atoms with Crippen LogP contribution in [-0.4, -0.2) is 32.1 Å². The third-order valence-corrected chi connectivity index (χ3v) is 2.83. The second-order valence-corrected chi connectivity index (χ2v) is 4.33. The van der Waals surface area contributed by atoms with Crippen LogP contribution < -0.4 is 9.47 Å². The predicted molar refractivity (Wildman–Crippen MR) is 72.8 cm³/mol. The Labute approximate surface area is 120 Å². The lowest BCUT2D eigenvalue weighted by atomic mass is 10.1. The Bertz CT molecular complexity index is 484. The van der Waals surface area contributed by atoms with Crippen LogP contribution in [0.1, 0.15) is 24.2 Å². The Balaban J connectivity index is 3.16. The Morgan fingerprint density at radius 3 is 2.42 bits per heavy atom. The van der Waals surface area contributed by atoms with Crippen LogP contribution in [-0.2, 0) is 9.53 Å². The molecule has 1 aromatic carbocycles. The second kappa shape index (κ2) is 7.13. The molecule has 0 atom stereocenters. The lowest BCUT2D eigenvalue weighted by Crippen LogP contribution is -2.17. The number of ketones is 1. The van der Waals surface area contributed by atoms with E-state index in [4.69, 9.17) is 9.47 Å². The van der Waals surface area contributed by atoms with Gasteiger partial charge in [-0.2, -0.15) is 0 Å². The molecule has 6 heteroatoms. The van der Waals surface area contributed by atoms with E-state index in [1.54, 1.807) is 6.92 Å². The Morgan fingerprint density at radius 1 is 1.21 bits per heavy atom. The van der Waals surface area contributed by atoms with Gasteiger partial charge in [0.2, 0.25) is 0 Å². The molecule has 0 unspecified atom stereocenters. The van der Waals surface area contributed by atoms with E-state index in [-0.39, 0.29) is 12.2 Å². The summed E-state index contributed by atoms with van der Waals surface area (Å²) >= 11 is 3.28. The van der Waals surface area contributed by atoms with Gasteiger partial charge in [-0.15, -0.1) is 0 Å². The van der Waals surface area contributed by atoms with Crippen molar-refractivity contribution in [1.29, 1.82) is 0 Å². The van der Waals surface area contributed by atoms with E-state index >= 15 is 0 Å². The maximum Gasteiger partial charge on any atom is 0.379 e. The number of ether oxygens (including phenoxy) is 3. The van der Waals surface area contributed by atoms with Gasteiger partial charge in [-0.25, -0.2) is 4.79 Å². The van der Waals surface area contributed by atoms with Crippen LogP contribution in [0.3, 0.4) is 0 Å². The van der Waals surface area contributed by atoms with Gasteiger partial charge in [-0.1, -0.05) is 0 Å². The van der Waals surface area contributed by atoms with Crippen molar-refractivity contribution in [3.05, 3.63) is 22.2 Å². The predicted octanol–water partition coefficient (Wildman–Crippen LogP) is 2.60. The highest BCUT2D eigenvalue weighted by Gasteiger charge is 2.21. The van der Waals surface area contributed by atoms with Crippen molar-refractivity contribution in [2.75, 3.05) is 20.3 Å². The van der Waals surface area contributed by atoms with Crippen molar-refractivity contribution in [3.8, 4) is 11.5 Å². The number of halogens is 1. The normalized spacial score (nSPS) is 9.89. The van der Waals surface area contributed by atoms with Crippen LogP contribution in [0.5, 0.6) is 11.5 Å². The molecule has 0 bridgehead atoms. The minimum Gasteiger partial charge on any atom is -0.492 e. The van der Waals surface area contributed by atoms with Crippen molar-refractivity contribution < 1.29 is 23.8 Å². The minimum absolute atomic E-state index is 0.153. The molecule has 0 saturated heterocycles. The highest BCUT2D eigenvalue weighted by atomic mass is 79.9. The molecule has 0 N–H and O–H groups in total. The summed E-state index contributed by atoms with van der Waals surface area (Å²) in [5.41, 5.74) is 0.189. The van der Waals surface area contributed by atoms with Crippen molar-refractivity contribution >= 4 is 27.7 Å². The first-order chi connectivity index (χ1) is 9.04. The Morgan fingerprint density at radius 2 is 1.89 bits per heavy atom. The fourth-order valence-electron chi connectivity index (χ4n) is 1.47. The number of rotatable bonds is 6. The maximum absolute atomic E-state index is 11.9. The van der Waals surface area contributed by atoms with E-state index in [1.807, 2.05) is 6.92 Å². The number of Topliss-reactive ketones (excluding diaryl/α,β-unsaturated/α-hetero) is 1. The first-order valence-corrected chi connectivity index (χ1v) is 6.56. The third-order valence-electron chi connectivity index (χ3n) is 2.24. The lowest BCUT2D eigenvalue weighted by Gasteiger charge is -2.12. The average Bonchev–Trinajstić information content (AvgIpc) is 2.38. The molecule has 0 heterocycles. The molecule has 0 saturated carbocycles. The van der Waals surface area contributed by atoms with Crippen molar-refractivity contribution in [3.63, 3.8) is 0 Å². The van der Waals surface area contributed by atoms with Gasteiger partial charge in [0.1, 0.15) is 0 Å². The van der Waals surface area contributed by atoms with E-state index in [2.05, 4.69) is 20.7 Å². The van der Waals surface area contributed by atoms with Gasteiger partial charge < -0.3 is 14.2 Å². The van der Waals surface area contributed by atoms with Gasteiger partial charge in [0, 0.05) is 5.56 Å². The average molecular weight is 331 g/mol. The van der Waals surface area contributed by atoms with Crippen LogP contribution in [0.2, 0.25) is 0 Å². The van der Waals surface area contributed by atoms with Gasteiger partial charge in [0.05, 0.1) is 24.8 Å².